The van der Waals surface area contributed by atoms with E-state index in [1.807, 2.05) is 66.7 Å². The molecule has 6 heteroatoms. The van der Waals surface area contributed by atoms with Crippen LogP contribution in [0.15, 0.2) is 83.3 Å². The van der Waals surface area contributed by atoms with Crippen molar-refractivity contribution in [3.8, 4) is 17.6 Å². The number of rotatable bonds is 7. The second kappa shape index (κ2) is 10.2. The number of nitriles is 1. The molecular weight excluding hydrogens is 396 g/mol. The monoisotopic (exact) mass is 416 g/mol. The van der Waals surface area contributed by atoms with E-state index in [1.54, 1.807) is 6.07 Å². The highest BCUT2D eigenvalue weighted by Gasteiger charge is 2.13. The summed E-state index contributed by atoms with van der Waals surface area (Å²) in [7, 11) is 0. The molecule has 0 heterocycles. The Bertz CT molecular complexity index is 1090. The molecule has 0 spiro atoms. The Morgan fingerprint density at radius 2 is 1.70 bits per heavy atom. The Morgan fingerprint density at radius 3 is 2.37 bits per heavy atom. The van der Waals surface area contributed by atoms with Crippen molar-refractivity contribution in [3.05, 3.63) is 95.1 Å². The molecule has 0 aliphatic heterocycles. The fourth-order valence-corrected chi connectivity index (χ4v) is 3.65. The molecule has 0 bridgehead atoms. The van der Waals surface area contributed by atoms with Crippen molar-refractivity contribution in [1.82, 2.24) is 5.32 Å². The summed E-state index contributed by atoms with van der Waals surface area (Å²) >= 11 is 1.51. The molecule has 0 aliphatic carbocycles. The fraction of sp³-hybridized carbons (Fsp3) is 0.0833. The van der Waals surface area contributed by atoms with E-state index in [-0.39, 0.29) is 17.1 Å². The van der Waals surface area contributed by atoms with E-state index in [9.17, 15) is 20.3 Å². The van der Waals surface area contributed by atoms with Crippen molar-refractivity contribution in [2.75, 3.05) is 0 Å². The van der Waals surface area contributed by atoms with Gasteiger partial charge in [0.15, 0.2) is 11.5 Å². The largest absolute Gasteiger partial charge is 0.504 e. The maximum Gasteiger partial charge on any atom is 0.262 e. The average molecular weight is 417 g/mol. The first kappa shape index (κ1) is 21.0. The Balaban J connectivity index is 1.75. The molecule has 1 amide bonds. The molecule has 0 radical (unpaired) electrons. The zero-order valence-corrected chi connectivity index (χ0v) is 16.9. The van der Waals surface area contributed by atoms with Gasteiger partial charge in [0.05, 0.1) is 0 Å². The number of hydrogen-bond acceptors (Lipinski definition) is 5. The molecule has 3 rings (SSSR count). The number of nitrogens with zero attached hydrogens (tertiary/aromatic N) is 1. The van der Waals surface area contributed by atoms with Gasteiger partial charge in [0.1, 0.15) is 11.6 Å². The Labute approximate surface area is 179 Å². The summed E-state index contributed by atoms with van der Waals surface area (Å²) in [4.78, 5) is 13.4. The molecule has 5 nitrogen and oxygen atoms in total. The maximum absolute atomic E-state index is 12.4. The summed E-state index contributed by atoms with van der Waals surface area (Å²) in [6.45, 7) is 0.304. The number of aromatic hydroxyl groups is 2. The lowest BCUT2D eigenvalue weighted by Gasteiger charge is -2.09. The highest BCUT2D eigenvalue weighted by Crippen LogP contribution is 2.35. The van der Waals surface area contributed by atoms with Crippen molar-refractivity contribution in [3.63, 3.8) is 0 Å². The zero-order chi connectivity index (χ0) is 21.3. The topological polar surface area (TPSA) is 93.3 Å². The van der Waals surface area contributed by atoms with Gasteiger partial charge in [-0.2, -0.15) is 5.26 Å². The van der Waals surface area contributed by atoms with E-state index in [0.717, 1.165) is 10.5 Å². The number of phenolic OH excluding ortho intramolecular Hbond substituents is 2. The van der Waals surface area contributed by atoms with E-state index in [1.165, 1.54) is 23.9 Å². The van der Waals surface area contributed by atoms with Crippen LogP contribution in [0.4, 0.5) is 0 Å². The number of carbonyl (C=O) groups excluding carboxylic acids is 1. The number of benzene rings is 3. The van der Waals surface area contributed by atoms with Crippen molar-refractivity contribution in [1.29, 1.82) is 5.26 Å². The highest BCUT2D eigenvalue weighted by atomic mass is 32.2. The van der Waals surface area contributed by atoms with Crippen LogP contribution in [-0.2, 0) is 17.1 Å². The average Bonchev–Trinajstić information content (AvgIpc) is 2.78. The molecule has 150 valence electrons. The van der Waals surface area contributed by atoms with Crippen LogP contribution in [0, 0.1) is 11.3 Å². The Kier molecular flexibility index (Phi) is 7.14. The predicted molar refractivity (Wildman–Crippen MR) is 118 cm³/mol. The lowest BCUT2D eigenvalue weighted by Crippen LogP contribution is -2.23. The predicted octanol–water partition coefficient (Wildman–Crippen LogP) is 4.61. The van der Waals surface area contributed by atoms with Gasteiger partial charge in [0.25, 0.3) is 5.91 Å². The van der Waals surface area contributed by atoms with Crippen LogP contribution >= 0.6 is 11.8 Å². The molecule has 0 saturated heterocycles. The van der Waals surface area contributed by atoms with Gasteiger partial charge in [-0.1, -0.05) is 48.5 Å². The number of amides is 1. The summed E-state index contributed by atoms with van der Waals surface area (Å²) in [5, 5.41) is 32.4. The van der Waals surface area contributed by atoms with Crippen molar-refractivity contribution < 1.29 is 15.0 Å². The molecular formula is C24H20N2O3S. The van der Waals surface area contributed by atoms with E-state index in [2.05, 4.69) is 5.32 Å². The summed E-state index contributed by atoms with van der Waals surface area (Å²) in [6, 6.07) is 23.9. The minimum Gasteiger partial charge on any atom is -0.504 e. The number of phenols is 2. The van der Waals surface area contributed by atoms with Gasteiger partial charge in [-0.05, 0) is 41.5 Å². The van der Waals surface area contributed by atoms with Crippen LogP contribution in [0.25, 0.3) is 6.08 Å². The zero-order valence-electron chi connectivity index (χ0n) is 16.1. The van der Waals surface area contributed by atoms with E-state index >= 15 is 0 Å². The van der Waals surface area contributed by atoms with Gasteiger partial charge in [-0.15, -0.1) is 11.8 Å². The van der Waals surface area contributed by atoms with Crippen LogP contribution in [-0.4, -0.2) is 16.1 Å². The van der Waals surface area contributed by atoms with E-state index in [0.29, 0.717) is 23.4 Å². The van der Waals surface area contributed by atoms with Crippen LogP contribution in [0.5, 0.6) is 11.5 Å². The van der Waals surface area contributed by atoms with Crippen LogP contribution in [0.2, 0.25) is 0 Å². The standard InChI is InChI=1S/C24H20N2O3S/c25-14-19(24(29)26-15-17-7-3-1-4-8-17)11-18-12-20(23(28)22(27)13-18)16-30-21-9-5-2-6-10-21/h1-13,27-28H,15-16H2,(H,26,29)/b19-11+. The lowest BCUT2D eigenvalue weighted by molar-refractivity contribution is -0.117. The third-order valence-corrected chi connectivity index (χ3v) is 5.36. The normalized spacial score (nSPS) is 11.0. The first-order valence-electron chi connectivity index (χ1n) is 9.23. The molecule has 3 aromatic carbocycles. The van der Waals surface area contributed by atoms with Crippen molar-refractivity contribution in [2.24, 2.45) is 0 Å². The molecule has 3 N–H and O–H groups in total. The first-order chi connectivity index (χ1) is 14.6. The number of hydrogen-bond donors (Lipinski definition) is 3. The summed E-state index contributed by atoms with van der Waals surface area (Å²) in [6.07, 6.45) is 1.40. The van der Waals surface area contributed by atoms with Gasteiger partial charge >= 0.3 is 0 Å². The van der Waals surface area contributed by atoms with Crippen molar-refractivity contribution in [2.45, 2.75) is 17.2 Å². The second-order valence-corrected chi connectivity index (χ2v) is 7.54. The third kappa shape index (κ3) is 5.66. The Hall–Kier alpha value is -3.69. The molecule has 0 saturated carbocycles. The van der Waals surface area contributed by atoms with E-state index < -0.39 is 5.91 Å². The summed E-state index contributed by atoms with van der Waals surface area (Å²) in [5.74, 6) is -0.584. The highest BCUT2D eigenvalue weighted by molar-refractivity contribution is 7.98. The van der Waals surface area contributed by atoms with E-state index in [4.69, 9.17) is 0 Å². The second-order valence-electron chi connectivity index (χ2n) is 6.49. The molecule has 0 aliphatic rings. The van der Waals surface area contributed by atoms with Crippen LogP contribution in [0.3, 0.4) is 0 Å². The maximum atomic E-state index is 12.4. The minimum atomic E-state index is -0.505. The summed E-state index contributed by atoms with van der Waals surface area (Å²) in [5.41, 5.74) is 1.81. The number of thioether (sulfide) groups is 1. The molecule has 0 unspecified atom stereocenters. The van der Waals surface area contributed by atoms with Gasteiger partial charge in [0, 0.05) is 22.8 Å². The van der Waals surface area contributed by atoms with Crippen LogP contribution in [0.1, 0.15) is 16.7 Å². The Morgan fingerprint density at radius 1 is 1.03 bits per heavy atom. The molecule has 0 fully saturated rings. The number of nitrogens with one attached hydrogen (secondary N) is 1. The first-order valence-corrected chi connectivity index (χ1v) is 10.2. The lowest BCUT2D eigenvalue weighted by atomic mass is 10.1. The summed E-state index contributed by atoms with van der Waals surface area (Å²) < 4.78 is 0. The molecule has 3 aromatic rings. The fourth-order valence-electron chi connectivity index (χ4n) is 2.76. The minimum absolute atomic E-state index is 0.0855. The quantitative estimate of drug-likeness (QED) is 0.226. The molecule has 0 aromatic heterocycles. The van der Waals surface area contributed by atoms with Gasteiger partial charge in [-0.3, -0.25) is 4.79 Å². The van der Waals surface area contributed by atoms with Crippen LogP contribution < -0.4 is 5.32 Å². The van der Waals surface area contributed by atoms with Gasteiger partial charge in [0.2, 0.25) is 0 Å². The smallest absolute Gasteiger partial charge is 0.262 e. The SMILES string of the molecule is N#C/C(=C\c1cc(O)c(O)c(CSc2ccccc2)c1)C(=O)NCc1ccccc1. The molecule has 30 heavy (non-hydrogen) atoms. The van der Waals surface area contributed by atoms with Gasteiger partial charge < -0.3 is 15.5 Å². The third-order valence-electron chi connectivity index (χ3n) is 4.30. The number of carbonyl (C=O) groups is 1. The van der Waals surface area contributed by atoms with Crippen molar-refractivity contribution >= 4 is 23.7 Å². The van der Waals surface area contributed by atoms with Gasteiger partial charge in [-0.25, -0.2) is 0 Å². The molecule has 0 atom stereocenters.